The molecule has 0 aromatic rings. The average molecular weight is 435 g/mol. The van der Waals surface area contributed by atoms with Gasteiger partial charge in [-0.3, -0.25) is 0 Å². The predicted molar refractivity (Wildman–Crippen MR) is 151 cm³/mol. The second kappa shape index (κ2) is 36.3. The lowest BCUT2D eigenvalue weighted by Crippen LogP contribution is -1.78. The molecule has 0 heterocycles. The molecule has 0 bridgehead atoms. The molecule has 0 saturated heterocycles. The van der Waals surface area contributed by atoms with Crippen molar-refractivity contribution in [1.29, 1.82) is 0 Å². The second-order valence-electron chi connectivity index (χ2n) is 8.94. The summed E-state index contributed by atoms with van der Waals surface area (Å²) in [6.45, 7) is 31.0. The van der Waals surface area contributed by atoms with Gasteiger partial charge in [-0.25, -0.2) is 0 Å². The van der Waals surface area contributed by atoms with Gasteiger partial charge in [-0.1, -0.05) is 130 Å². The Labute approximate surface area is 200 Å². The van der Waals surface area contributed by atoms with E-state index in [1.54, 1.807) is 0 Å². The van der Waals surface area contributed by atoms with Gasteiger partial charge < -0.3 is 0 Å². The molecule has 0 aliphatic heterocycles. The van der Waals surface area contributed by atoms with Gasteiger partial charge in [-0.2, -0.15) is 0 Å². The molecule has 0 unspecified atom stereocenters. The van der Waals surface area contributed by atoms with E-state index in [1.165, 1.54) is 109 Å². The lowest BCUT2D eigenvalue weighted by atomic mass is 10.2. The fraction of sp³-hybridized carbons (Fsp3) is 0.742. The molecule has 4 rings (SSSR count). The molecule has 31 heavy (non-hydrogen) atoms. The largest absolute Gasteiger partial charge is 0.106 e. The molecule has 4 saturated carbocycles. The first-order chi connectivity index (χ1) is 15.2. The molecule has 0 N–H and O–H groups in total. The lowest BCUT2D eigenvalue weighted by molar-refractivity contribution is 0.612. The van der Waals surface area contributed by atoms with E-state index >= 15 is 0 Å². The minimum absolute atomic E-state index is 1.05. The SMILES string of the molecule is C1CCCC1.C=C.C=C.C=C.C=C.CC1CCCC1.CC1CCCC1.CC1CCCC1. The zero-order chi connectivity index (χ0) is 24.8. The van der Waals surface area contributed by atoms with Gasteiger partial charge in [0.2, 0.25) is 0 Å². The summed E-state index contributed by atoms with van der Waals surface area (Å²) in [6.07, 6.45) is 25.3. The third-order valence-electron chi connectivity index (χ3n) is 6.18. The normalized spacial score (nSPS) is 19.2. The molecule has 0 atom stereocenters. The third kappa shape index (κ3) is 33.8. The van der Waals surface area contributed by atoms with Gasteiger partial charge in [0.15, 0.2) is 0 Å². The van der Waals surface area contributed by atoms with Crippen LogP contribution in [0, 0.1) is 17.8 Å². The molecule has 0 spiro atoms. The van der Waals surface area contributed by atoms with E-state index in [1.807, 2.05) is 0 Å². The van der Waals surface area contributed by atoms with E-state index in [0.29, 0.717) is 0 Å². The Bertz CT molecular complexity index is 224. The first-order valence-electron chi connectivity index (χ1n) is 13.2. The molecule has 0 amide bonds. The Balaban J connectivity index is -0.000000142. The topological polar surface area (TPSA) is 0 Å². The van der Waals surface area contributed by atoms with Crippen molar-refractivity contribution in [2.75, 3.05) is 0 Å². The van der Waals surface area contributed by atoms with E-state index in [0.717, 1.165) is 17.8 Å². The summed E-state index contributed by atoms with van der Waals surface area (Å²) >= 11 is 0. The average Bonchev–Trinajstić information content (AvgIpc) is 3.65. The summed E-state index contributed by atoms with van der Waals surface area (Å²) in [5, 5.41) is 0. The fourth-order valence-corrected chi connectivity index (χ4v) is 4.27. The Kier molecular flexibility index (Phi) is 43.7. The second-order valence-corrected chi connectivity index (χ2v) is 8.94. The van der Waals surface area contributed by atoms with Crippen LogP contribution in [0.5, 0.6) is 0 Å². The molecule has 0 radical (unpaired) electrons. The molecule has 0 nitrogen and oxygen atoms in total. The van der Waals surface area contributed by atoms with Gasteiger partial charge in [0.1, 0.15) is 0 Å². The van der Waals surface area contributed by atoms with Crippen LogP contribution in [0.2, 0.25) is 0 Å². The van der Waals surface area contributed by atoms with E-state index in [2.05, 4.69) is 73.4 Å². The number of hydrogen-bond donors (Lipinski definition) is 0. The Morgan fingerprint density at radius 3 is 0.484 bits per heavy atom. The van der Waals surface area contributed by atoms with Crippen molar-refractivity contribution in [3.63, 3.8) is 0 Å². The smallest absolute Gasteiger partial charge is 0.0443 e. The van der Waals surface area contributed by atoms with Gasteiger partial charge in [0.25, 0.3) is 0 Å². The van der Waals surface area contributed by atoms with Gasteiger partial charge >= 0.3 is 0 Å². The summed E-state index contributed by atoms with van der Waals surface area (Å²) in [6, 6.07) is 0. The Hall–Kier alpha value is -1.04. The highest BCUT2D eigenvalue weighted by Gasteiger charge is 2.08. The Morgan fingerprint density at radius 1 is 0.290 bits per heavy atom. The van der Waals surface area contributed by atoms with Gasteiger partial charge in [-0.15, -0.1) is 52.6 Å². The number of rotatable bonds is 0. The summed E-state index contributed by atoms with van der Waals surface area (Å²) in [5.41, 5.74) is 0. The fourth-order valence-electron chi connectivity index (χ4n) is 4.27. The van der Waals surface area contributed by atoms with Gasteiger partial charge in [0, 0.05) is 0 Å². The third-order valence-corrected chi connectivity index (χ3v) is 6.18. The van der Waals surface area contributed by atoms with E-state index in [4.69, 9.17) is 0 Å². The lowest BCUT2D eigenvalue weighted by Gasteiger charge is -1.91. The highest BCUT2D eigenvalue weighted by atomic mass is 14.1. The van der Waals surface area contributed by atoms with Gasteiger partial charge in [0.05, 0.1) is 0 Å². The van der Waals surface area contributed by atoms with Crippen LogP contribution >= 0.6 is 0 Å². The van der Waals surface area contributed by atoms with Crippen LogP contribution in [0.3, 0.4) is 0 Å². The van der Waals surface area contributed by atoms with Crippen molar-refractivity contribution in [2.24, 2.45) is 17.8 Å². The predicted octanol–water partition coefficient (Wildman–Crippen LogP) is 11.7. The zero-order valence-corrected chi connectivity index (χ0v) is 22.4. The molecule has 186 valence electrons. The van der Waals surface area contributed by atoms with Crippen LogP contribution in [0.15, 0.2) is 52.6 Å². The first-order valence-corrected chi connectivity index (χ1v) is 13.2. The van der Waals surface area contributed by atoms with Crippen LogP contribution in [0.25, 0.3) is 0 Å². The van der Waals surface area contributed by atoms with Crippen LogP contribution in [0.1, 0.15) is 130 Å². The molecule has 0 aromatic carbocycles. The summed E-state index contributed by atoms with van der Waals surface area (Å²) < 4.78 is 0. The highest BCUT2D eigenvalue weighted by molar-refractivity contribution is 4.61. The van der Waals surface area contributed by atoms with Crippen LogP contribution in [-0.2, 0) is 0 Å². The van der Waals surface area contributed by atoms with Crippen LogP contribution < -0.4 is 0 Å². The zero-order valence-electron chi connectivity index (χ0n) is 22.4. The monoisotopic (exact) mass is 434 g/mol. The minimum atomic E-state index is 1.05. The molecule has 4 aliphatic carbocycles. The number of hydrogen-bond acceptors (Lipinski definition) is 0. The molecule has 4 fully saturated rings. The highest BCUT2D eigenvalue weighted by Crippen LogP contribution is 2.24. The van der Waals surface area contributed by atoms with Crippen molar-refractivity contribution in [2.45, 2.75) is 130 Å². The van der Waals surface area contributed by atoms with E-state index in [-0.39, 0.29) is 0 Å². The van der Waals surface area contributed by atoms with Crippen molar-refractivity contribution in [3.8, 4) is 0 Å². The summed E-state index contributed by atoms with van der Waals surface area (Å²) in [4.78, 5) is 0. The molecular weight excluding hydrogens is 372 g/mol. The summed E-state index contributed by atoms with van der Waals surface area (Å²) in [5.74, 6) is 3.14. The standard InChI is InChI=1S/3C6H12.C5H10.4C2H4/c3*1-6-4-2-3-5-6;1-2-4-5-3-1;4*1-2/h3*6H,2-5H2,1H3;1-5H2;4*1-2H2. The first kappa shape index (κ1) is 37.3. The van der Waals surface area contributed by atoms with Crippen molar-refractivity contribution >= 4 is 0 Å². The van der Waals surface area contributed by atoms with Gasteiger partial charge in [-0.05, 0) is 17.8 Å². The maximum absolute atomic E-state index is 3.00. The minimum Gasteiger partial charge on any atom is -0.106 e. The molecule has 0 heteroatoms. The van der Waals surface area contributed by atoms with E-state index < -0.39 is 0 Å². The van der Waals surface area contributed by atoms with Crippen LogP contribution in [-0.4, -0.2) is 0 Å². The maximum atomic E-state index is 3.00. The molecule has 4 aliphatic rings. The Morgan fingerprint density at radius 2 is 0.419 bits per heavy atom. The van der Waals surface area contributed by atoms with Crippen molar-refractivity contribution in [1.82, 2.24) is 0 Å². The quantitative estimate of drug-likeness (QED) is 0.332. The molecular formula is C31H62. The summed E-state index contributed by atoms with van der Waals surface area (Å²) in [7, 11) is 0. The van der Waals surface area contributed by atoms with Crippen LogP contribution in [0.4, 0.5) is 0 Å². The van der Waals surface area contributed by atoms with E-state index in [9.17, 15) is 0 Å². The maximum Gasteiger partial charge on any atom is -0.0443 e. The molecule has 0 aromatic heterocycles. The van der Waals surface area contributed by atoms with Crippen molar-refractivity contribution in [3.05, 3.63) is 52.6 Å². The van der Waals surface area contributed by atoms with Crippen molar-refractivity contribution < 1.29 is 0 Å².